The zero-order chi connectivity index (χ0) is 19.3. The first-order valence-electron chi connectivity index (χ1n) is 7.67. The van der Waals surface area contributed by atoms with E-state index in [1.165, 1.54) is 32.2 Å². The summed E-state index contributed by atoms with van der Waals surface area (Å²) in [5, 5.41) is 2.30. The van der Waals surface area contributed by atoms with Gasteiger partial charge in [-0.05, 0) is 32.9 Å². The lowest BCUT2D eigenvalue weighted by Gasteiger charge is -2.06. The molecule has 0 saturated carbocycles. The summed E-state index contributed by atoms with van der Waals surface area (Å²) in [5.74, 6) is -2.96. The van der Waals surface area contributed by atoms with E-state index in [9.17, 15) is 19.2 Å². The molecule has 0 aliphatic rings. The second-order valence-electron chi connectivity index (χ2n) is 5.12. The maximum absolute atomic E-state index is 12.1. The molecule has 0 aliphatic carbocycles. The molecule has 0 saturated heterocycles. The van der Waals surface area contributed by atoms with Crippen LogP contribution in [-0.4, -0.2) is 36.8 Å². The van der Waals surface area contributed by atoms with E-state index in [4.69, 9.17) is 18.3 Å². The number of aryl methyl sites for hydroxylation is 1. The average Bonchev–Trinajstić information content (AvgIpc) is 3.20. The molecule has 0 spiro atoms. The molecule has 0 aliphatic heterocycles. The van der Waals surface area contributed by atoms with Gasteiger partial charge in [0.25, 0.3) is 5.91 Å². The van der Waals surface area contributed by atoms with E-state index in [2.05, 4.69) is 5.32 Å². The van der Waals surface area contributed by atoms with Crippen molar-refractivity contribution >= 4 is 29.5 Å². The summed E-state index contributed by atoms with van der Waals surface area (Å²) in [6.07, 6.45) is 1.29. The molecule has 138 valence electrons. The lowest BCUT2D eigenvalue weighted by molar-refractivity contribution is -0.119. The fourth-order valence-corrected chi connectivity index (χ4v) is 2.21. The van der Waals surface area contributed by atoms with Gasteiger partial charge in [0.15, 0.2) is 12.4 Å². The summed E-state index contributed by atoms with van der Waals surface area (Å²) in [4.78, 5) is 47.5. The second kappa shape index (κ2) is 8.15. The zero-order valence-corrected chi connectivity index (χ0v) is 14.4. The maximum atomic E-state index is 12.1. The number of carbonyl (C=O) groups excluding carboxylic acids is 4. The summed E-state index contributed by atoms with van der Waals surface area (Å²) in [5.41, 5.74) is -0.158. The summed E-state index contributed by atoms with van der Waals surface area (Å²) >= 11 is 0. The van der Waals surface area contributed by atoms with Crippen LogP contribution in [-0.2, 0) is 14.3 Å². The minimum atomic E-state index is -0.823. The summed E-state index contributed by atoms with van der Waals surface area (Å²) in [6, 6.07) is 2.88. The topological polar surface area (TPSA) is 125 Å². The Morgan fingerprint density at radius 1 is 1.12 bits per heavy atom. The number of carbonyl (C=O) groups is 4. The van der Waals surface area contributed by atoms with Crippen molar-refractivity contribution in [1.29, 1.82) is 0 Å². The Labute approximate surface area is 148 Å². The molecule has 26 heavy (non-hydrogen) atoms. The Morgan fingerprint density at radius 2 is 1.85 bits per heavy atom. The van der Waals surface area contributed by atoms with Crippen LogP contribution in [0, 0.1) is 6.92 Å². The van der Waals surface area contributed by atoms with Crippen molar-refractivity contribution in [2.75, 3.05) is 18.5 Å². The molecule has 0 radical (unpaired) electrons. The van der Waals surface area contributed by atoms with Gasteiger partial charge < -0.3 is 18.3 Å². The Kier molecular flexibility index (Phi) is 5.94. The molecular weight excluding hydrogens is 346 g/mol. The van der Waals surface area contributed by atoms with Crippen LogP contribution in [0.2, 0.25) is 0 Å². The molecule has 0 fully saturated rings. The van der Waals surface area contributed by atoms with Gasteiger partial charge in [0.1, 0.15) is 11.3 Å². The molecule has 0 bridgehead atoms. The summed E-state index contributed by atoms with van der Waals surface area (Å²) in [7, 11) is 0. The molecular formula is C17H17NO8. The predicted octanol–water partition coefficient (Wildman–Crippen LogP) is 2.36. The molecule has 2 heterocycles. The number of ether oxygens (including phenoxy) is 2. The number of hydrogen-bond acceptors (Lipinski definition) is 8. The van der Waals surface area contributed by atoms with Crippen molar-refractivity contribution in [1.82, 2.24) is 0 Å². The van der Waals surface area contributed by atoms with Crippen molar-refractivity contribution < 1.29 is 37.5 Å². The van der Waals surface area contributed by atoms with Gasteiger partial charge in [-0.1, -0.05) is 0 Å². The number of hydrogen-bond donors (Lipinski definition) is 1. The molecule has 0 aromatic carbocycles. The van der Waals surface area contributed by atoms with Crippen molar-refractivity contribution in [3.05, 3.63) is 41.0 Å². The zero-order valence-electron chi connectivity index (χ0n) is 14.4. The van der Waals surface area contributed by atoms with E-state index < -0.39 is 30.2 Å². The molecule has 2 aromatic rings. The quantitative estimate of drug-likeness (QED) is 0.587. The van der Waals surface area contributed by atoms with Crippen LogP contribution in [0.5, 0.6) is 0 Å². The highest BCUT2D eigenvalue weighted by Gasteiger charge is 2.29. The molecule has 0 atom stereocenters. The van der Waals surface area contributed by atoms with E-state index >= 15 is 0 Å². The molecule has 0 unspecified atom stereocenters. The first-order chi connectivity index (χ1) is 12.3. The Hall–Kier alpha value is -3.36. The molecule has 2 rings (SSSR count). The van der Waals surface area contributed by atoms with E-state index in [-0.39, 0.29) is 35.1 Å². The van der Waals surface area contributed by atoms with Gasteiger partial charge in [-0.15, -0.1) is 0 Å². The van der Waals surface area contributed by atoms with E-state index in [0.717, 1.165) is 0 Å². The smallest absolute Gasteiger partial charge is 0.374 e. The third-order valence-corrected chi connectivity index (χ3v) is 3.23. The third-order valence-electron chi connectivity index (χ3n) is 3.23. The molecule has 2 aromatic heterocycles. The van der Waals surface area contributed by atoms with Gasteiger partial charge in [-0.2, -0.15) is 0 Å². The highest BCUT2D eigenvalue weighted by Crippen LogP contribution is 2.28. The fourth-order valence-electron chi connectivity index (χ4n) is 2.21. The summed E-state index contributed by atoms with van der Waals surface area (Å²) in [6.45, 7) is 3.78. The second-order valence-corrected chi connectivity index (χ2v) is 5.12. The number of furan rings is 2. The first-order valence-corrected chi connectivity index (χ1v) is 7.67. The van der Waals surface area contributed by atoms with Crippen LogP contribution < -0.4 is 5.32 Å². The molecule has 9 nitrogen and oxygen atoms in total. The van der Waals surface area contributed by atoms with Gasteiger partial charge in [-0.3, -0.25) is 14.9 Å². The third kappa shape index (κ3) is 4.18. The number of esters is 2. The molecule has 1 N–H and O–H groups in total. The van der Waals surface area contributed by atoms with Crippen LogP contribution >= 0.6 is 0 Å². The van der Waals surface area contributed by atoms with Crippen LogP contribution in [0.4, 0.5) is 5.88 Å². The van der Waals surface area contributed by atoms with E-state index in [1.807, 2.05) is 0 Å². The van der Waals surface area contributed by atoms with Crippen LogP contribution in [0.1, 0.15) is 50.9 Å². The lowest BCUT2D eigenvalue weighted by Crippen LogP contribution is -2.22. The standard InChI is InChI=1S/C17H17NO8/c1-4-23-17(22)14-13(9(2)19)10(3)26-15(14)18-12(20)8-25-16(21)11-6-5-7-24-11/h5-7H,4,8H2,1-3H3,(H,18,20). The maximum Gasteiger partial charge on any atom is 0.374 e. The van der Waals surface area contributed by atoms with E-state index in [0.29, 0.717) is 0 Å². The number of rotatable bonds is 7. The van der Waals surface area contributed by atoms with Gasteiger partial charge in [0.2, 0.25) is 11.6 Å². The fraction of sp³-hybridized carbons (Fsp3) is 0.294. The Morgan fingerprint density at radius 3 is 2.42 bits per heavy atom. The number of ketones is 1. The van der Waals surface area contributed by atoms with Gasteiger partial charge >= 0.3 is 11.9 Å². The Bertz CT molecular complexity index is 831. The number of Topliss-reactive ketones (excluding diaryl/α,β-unsaturated/α-hetero) is 1. The normalized spacial score (nSPS) is 10.3. The predicted molar refractivity (Wildman–Crippen MR) is 87.0 cm³/mol. The van der Waals surface area contributed by atoms with Crippen LogP contribution in [0.15, 0.2) is 27.2 Å². The monoisotopic (exact) mass is 363 g/mol. The molecule has 1 amide bonds. The van der Waals surface area contributed by atoms with E-state index in [1.54, 1.807) is 6.92 Å². The van der Waals surface area contributed by atoms with Crippen LogP contribution in [0.3, 0.4) is 0 Å². The Balaban J connectivity index is 2.13. The number of nitrogens with one attached hydrogen (secondary N) is 1. The minimum absolute atomic E-state index is 0.0198. The highest BCUT2D eigenvalue weighted by molar-refractivity contribution is 6.10. The van der Waals surface area contributed by atoms with Crippen molar-refractivity contribution in [2.45, 2.75) is 20.8 Å². The van der Waals surface area contributed by atoms with Gasteiger partial charge in [0.05, 0.1) is 18.4 Å². The lowest BCUT2D eigenvalue weighted by atomic mass is 10.1. The number of amides is 1. The SMILES string of the molecule is CCOC(=O)c1c(NC(=O)COC(=O)c2ccco2)oc(C)c1C(C)=O. The summed E-state index contributed by atoms with van der Waals surface area (Å²) < 4.78 is 19.8. The van der Waals surface area contributed by atoms with Crippen molar-refractivity contribution in [3.63, 3.8) is 0 Å². The number of anilines is 1. The molecule has 9 heteroatoms. The van der Waals surface area contributed by atoms with Crippen LogP contribution in [0.25, 0.3) is 0 Å². The largest absolute Gasteiger partial charge is 0.462 e. The van der Waals surface area contributed by atoms with Crippen molar-refractivity contribution in [2.24, 2.45) is 0 Å². The van der Waals surface area contributed by atoms with Crippen molar-refractivity contribution in [3.8, 4) is 0 Å². The van der Waals surface area contributed by atoms with Gasteiger partial charge in [-0.25, -0.2) is 9.59 Å². The highest BCUT2D eigenvalue weighted by atomic mass is 16.5. The van der Waals surface area contributed by atoms with Gasteiger partial charge in [0, 0.05) is 0 Å². The minimum Gasteiger partial charge on any atom is -0.462 e. The average molecular weight is 363 g/mol. The first kappa shape index (κ1) is 19.0.